The van der Waals surface area contributed by atoms with Crippen molar-refractivity contribution < 1.29 is 9.84 Å². The Hall–Kier alpha value is -1.80. The zero-order valence-electron chi connectivity index (χ0n) is 10.8. The summed E-state index contributed by atoms with van der Waals surface area (Å²) in [6.45, 7) is 4.27. The van der Waals surface area contributed by atoms with Crippen LogP contribution >= 0.6 is 0 Å². The lowest BCUT2D eigenvalue weighted by Crippen LogP contribution is -2.03. The summed E-state index contributed by atoms with van der Waals surface area (Å²) in [5, 5.41) is 9.70. The Labute approximate surface area is 108 Å². The van der Waals surface area contributed by atoms with Gasteiger partial charge in [-0.25, -0.2) is 0 Å². The van der Waals surface area contributed by atoms with E-state index in [4.69, 9.17) is 4.74 Å². The van der Waals surface area contributed by atoms with Crippen molar-refractivity contribution in [1.82, 2.24) is 0 Å². The third-order valence-corrected chi connectivity index (χ3v) is 2.98. The van der Waals surface area contributed by atoms with E-state index in [2.05, 4.69) is 0 Å². The molecule has 0 amide bonds. The molecule has 0 aliphatic rings. The Morgan fingerprint density at radius 1 is 1.06 bits per heavy atom. The first-order valence-corrected chi connectivity index (χ1v) is 6.13. The summed E-state index contributed by atoms with van der Waals surface area (Å²) in [5.41, 5.74) is 3.06. The summed E-state index contributed by atoms with van der Waals surface area (Å²) < 4.78 is 5.80. The standard InChI is InChI=1S/C16H18O2/c1-12-7-3-6-10-16(12)18-11-14-8-4-5-9-15(14)13(2)17/h3-10,13,17H,11H2,1-2H3. The molecular weight excluding hydrogens is 224 g/mol. The predicted octanol–water partition coefficient (Wildman–Crippen LogP) is 3.63. The normalized spacial score (nSPS) is 12.2. The molecule has 0 aliphatic carbocycles. The minimum absolute atomic E-state index is 0.471. The average molecular weight is 242 g/mol. The van der Waals surface area contributed by atoms with Crippen molar-refractivity contribution in [3.8, 4) is 5.75 Å². The number of hydrogen-bond acceptors (Lipinski definition) is 2. The van der Waals surface area contributed by atoms with Gasteiger partial charge in [0.1, 0.15) is 12.4 Å². The number of aliphatic hydroxyl groups is 1. The van der Waals surface area contributed by atoms with E-state index in [1.54, 1.807) is 6.92 Å². The molecule has 0 aliphatic heterocycles. The van der Waals surface area contributed by atoms with Crippen LogP contribution in [0.2, 0.25) is 0 Å². The second-order valence-corrected chi connectivity index (χ2v) is 4.43. The highest BCUT2D eigenvalue weighted by Gasteiger charge is 2.07. The van der Waals surface area contributed by atoms with Gasteiger partial charge in [0.25, 0.3) is 0 Å². The minimum Gasteiger partial charge on any atom is -0.489 e. The fourth-order valence-corrected chi connectivity index (χ4v) is 1.95. The van der Waals surface area contributed by atoms with Crippen molar-refractivity contribution in [3.63, 3.8) is 0 Å². The molecule has 2 nitrogen and oxygen atoms in total. The second kappa shape index (κ2) is 5.69. The van der Waals surface area contributed by atoms with Gasteiger partial charge in [0.2, 0.25) is 0 Å². The van der Waals surface area contributed by atoms with Gasteiger partial charge >= 0.3 is 0 Å². The number of para-hydroxylation sites is 1. The molecule has 0 bridgehead atoms. The van der Waals surface area contributed by atoms with Crippen molar-refractivity contribution in [1.29, 1.82) is 0 Å². The van der Waals surface area contributed by atoms with Crippen molar-refractivity contribution in [2.45, 2.75) is 26.6 Å². The van der Waals surface area contributed by atoms with Crippen LogP contribution in [0.5, 0.6) is 5.75 Å². The summed E-state index contributed by atoms with van der Waals surface area (Å²) in [6.07, 6.45) is -0.471. The Bertz CT molecular complexity index is 518. The lowest BCUT2D eigenvalue weighted by molar-refractivity contribution is 0.195. The molecule has 18 heavy (non-hydrogen) atoms. The number of aliphatic hydroxyl groups excluding tert-OH is 1. The Balaban J connectivity index is 2.14. The summed E-state index contributed by atoms with van der Waals surface area (Å²) in [6, 6.07) is 15.7. The monoisotopic (exact) mass is 242 g/mol. The van der Waals surface area contributed by atoms with Crippen molar-refractivity contribution in [2.75, 3.05) is 0 Å². The van der Waals surface area contributed by atoms with Crippen molar-refractivity contribution in [3.05, 3.63) is 65.2 Å². The molecule has 94 valence electrons. The molecule has 2 aromatic carbocycles. The lowest BCUT2D eigenvalue weighted by atomic mass is 10.0. The Morgan fingerprint density at radius 3 is 2.44 bits per heavy atom. The number of aryl methyl sites for hydroxylation is 1. The van der Waals surface area contributed by atoms with Crippen molar-refractivity contribution in [2.24, 2.45) is 0 Å². The topological polar surface area (TPSA) is 29.5 Å². The highest BCUT2D eigenvalue weighted by Crippen LogP contribution is 2.21. The van der Waals surface area contributed by atoms with Gasteiger partial charge in [-0.1, -0.05) is 42.5 Å². The highest BCUT2D eigenvalue weighted by atomic mass is 16.5. The molecule has 2 heteroatoms. The van der Waals surface area contributed by atoms with Crippen molar-refractivity contribution >= 4 is 0 Å². The van der Waals surface area contributed by atoms with E-state index in [0.29, 0.717) is 6.61 Å². The first-order chi connectivity index (χ1) is 8.68. The maximum absolute atomic E-state index is 9.70. The van der Waals surface area contributed by atoms with Gasteiger partial charge in [0, 0.05) is 0 Å². The number of hydrogen-bond donors (Lipinski definition) is 1. The smallest absolute Gasteiger partial charge is 0.122 e. The fraction of sp³-hybridized carbons (Fsp3) is 0.250. The predicted molar refractivity (Wildman–Crippen MR) is 72.6 cm³/mol. The van der Waals surface area contributed by atoms with Gasteiger partial charge < -0.3 is 9.84 Å². The molecule has 2 rings (SSSR count). The number of rotatable bonds is 4. The number of benzene rings is 2. The van der Waals surface area contributed by atoms with Gasteiger partial charge in [0.15, 0.2) is 0 Å². The highest BCUT2D eigenvalue weighted by molar-refractivity contribution is 5.33. The molecule has 0 heterocycles. The molecule has 1 unspecified atom stereocenters. The van der Waals surface area contributed by atoms with Crippen LogP contribution in [0.15, 0.2) is 48.5 Å². The van der Waals surface area contributed by atoms with E-state index in [1.165, 1.54) is 0 Å². The summed E-state index contributed by atoms with van der Waals surface area (Å²) in [7, 11) is 0. The minimum atomic E-state index is -0.471. The molecular formula is C16H18O2. The van der Waals surface area contributed by atoms with Crippen LogP contribution in [0.1, 0.15) is 29.7 Å². The largest absolute Gasteiger partial charge is 0.489 e. The summed E-state index contributed by atoms with van der Waals surface area (Å²) in [4.78, 5) is 0. The van der Waals surface area contributed by atoms with Crippen LogP contribution in [-0.2, 0) is 6.61 Å². The van der Waals surface area contributed by atoms with Gasteiger partial charge in [-0.05, 0) is 36.6 Å². The average Bonchev–Trinajstić information content (AvgIpc) is 2.38. The maximum atomic E-state index is 9.70. The Kier molecular flexibility index (Phi) is 4.00. The van der Waals surface area contributed by atoms with Crippen LogP contribution in [-0.4, -0.2) is 5.11 Å². The van der Waals surface area contributed by atoms with E-state index in [-0.39, 0.29) is 0 Å². The number of ether oxygens (including phenoxy) is 1. The van der Waals surface area contributed by atoms with E-state index in [1.807, 2.05) is 55.5 Å². The molecule has 0 radical (unpaired) electrons. The van der Waals surface area contributed by atoms with Gasteiger partial charge in [0.05, 0.1) is 6.10 Å². The summed E-state index contributed by atoms with van der Waals surface area (Å²) >= 11 is 0. The maximum Gasteiger partial charge on any atom is 0.122 e. The molecule has 0 fully saturated rings. The van der Waals surface area contributed by atoms with Crippen LogP contribution in [0.3, 0.4) is 0 Å². The third-order valence-electron chi connectivity index (χ3n) is 2.98. The quantitative estimate of drug-likeness (QED) is 0.887. The van der Waals surface area contributed by atoms with Gasteiger partial charge in [-0.3, -0.25) is 0 Å². The Morgan fingerprint density at radius 2 is 1.72 bits per heavy atom. The first-order valence-electron chi connectivity index (χ1n) is 6.13. The van der Waals surface area contributed by atoms with Crippen LogP contribution in [0.4, 0.5) is 0 Å². The first kappa shape index (κ1) is 12.7. The molecule has 0 saturated heterocycles. The second-order valence-electron chi connectivity index (χ2n) is 4.43. The van der Waals surface area contributed by atoms with E-state index in [0.717, 1.165) is 22.4 Å². The zero-order valence-corrected chi connectivity index (χ0v) is 10.8. The summed E-state index contributed by atoms with van der Waals surface area (Å²) in [5.74, 6) is 0.887. The van der Waals surface area contributed by atoms with Crippen LogP contribution in [0.25, 0.3) is 0 Å². The zero-order chi connectivity index (χ0) is 13.0. The molecule has 2 aromatic rings. The molecule has 0 spiro atoms. The molecule has 0 saturated carbocycles. The molecule has 1 N–H and O–H groups in total. The van der Waals surface area contributed by atoms with Gasteiger partial charge in [-0.2, -0.15) is 0 Å². The van der Waals surface area contributed by atoms with E-state index < -0.39 is 6.10 Å². The molecule has 0 aromatic heterocycles. The fourth-order valence-electron chi connectivity index (χ4n) is 1.95. The van der Waals surface area contributed by atoms with Crippen LogP contribution < -0.4 is 4.74 Å². The molecule has 1 atom stereocenters. The van der Waals surface area contributed by atoms with Crippen LogP contribution in [0, 0.1) is 6.92 Å². The third kappa shape index (κ3) is 2.90. The van der Waals surface area contributed by atoms with E-state index in [9.17, 15) is 5.11 Å². The van der Waals surface area contributed by atoms with E-state index >= 15 is 0 Å². The van der Waals surface area contributed by atoms with Gasteiger partial charge in [-0.15, -0.1) is 0 Å². The SMILES string of the molecule is Cc1ccccc1OCc1ccccc1C(C)O. The lowest BCUT2D eigenvalue weighted by Gasteiger charge is -2.13.